The van der Waals surface area contributed by atoms with E-state index in [1.807, 2.05) is 19.9 Å². The second kappa shape index (κ2) is 6.27. The lowest BCUT2D eigenvalue weighted by Crippen LogP contribution is -2.37. The molecular weight excluding hydrogens is 236 g/mol. The normalized spacial score (nSPS) is 13.5. The van der Waals surface area contributed by atoms with Crippen molar-refractivity contribution in [3.8, 4) is 6.07 Å². The molecule has 0 saturated heterocycles. The lowest BCUT2D eigenvalue weighted by Gasteiger charge is -2.19. The largest absolute Gasteiger partial charge is 0.349 e. The van der Waals surface area contributed by atoms with Crippen LogP contribution < -0.4 is 5.32 Å². The number of amides is 1. The van der Waals surface area contributed by atoms with E-state index < -0.39 is 0 Å². The number of hydrogen-bond donors (Lipinski definition) is 1. The summed E-state index contributed by atoms with van der Waals surface area (Å²) in [5.41, 5.74) is 0.980. The molecule has 0 heterocycles. The number of alkyl halides is 1. The van der Waals surface area contributed by atoms with Crippen molar-refractivity contribution in [2.24, 2.45) is 5.92 Å². The van der Waals surface area contributed by atoms with E-state index in [2.05, 4.69) is 5.32 Å². The van der Waals surface area contributed by atoms with Crippen LogP contribution in [-0.4, -0.2) is 17.8 Å². The first-order valence-electron chi connectivity index (χ1n) is 5.45. The molecule has 17 heavy (non-hydrogen) atoms. The zero-order valence-corrected chi connectivity index (χ0v) is 10.7. The molecule has 1 N–H and O–H groups in total. The fourth-order valence-electron chi connectivity index (χ4n) is 1.30. The first kappa shape index (κ1) is 13.5. The minimum atomic E-state index is -0.174. The Labute approximate surface area is 106 Å². The standard InChI is InChI=1S/C13H15ClN2O/c1-9(7-14)10(2)16-13(17)12-5-3-4-11(6-12)8-15/h3-6,9-10H,7H2,1-2H3,(H,16,17). The number of nitrogens with zero attached hydrogens (tertiary/aromatic N) is 1. The molecule has 90 valence electrons. The summed E-state index contributed by atoms with van der Waals surface area (Å²) in [6, 6.07) is 8.65. The van der Waals surface area contributed by atoms with Crippen LogP contribution >= 0.6 is 11.6 Å². The maximum absolute atomic E-state index is 11.9. The van der Waals surface area contributed by atoms with Gasteiger partial charge in [-0.1, -0.05) is 13.0 Å². The van der Waals surface area contributed by atoms with E-state index in [1.165, 1.54) is 0 Å². The lowest BCUT2D eigenvalue weighted by molar-refractivity contribution is 0.0931. The van der Waals surface area contributed by atoms with Gasteiger partial charge in [0.05, 0.1) is 11.6 Å². The van der Waals surface area contributed by atoms with Gasteiger partial charge in [-0.25, -0.2) is 0 Å². The molecule has 0 bridgehead atoms. The molecule has 1 rings (SSSR count). The first-order valence-corrected chi connectivity index (χ1v) is 5.99. The topological polar surface area (TPSA) is 52.9 Å². The second-order valence-electron chi connectivity index (χ2n) is 4.09. The predicted octanol–water partition coefficient (Wildman–Crippen LogP) is 2.55. The van der Waals surface area contributed by atoms with Gasteiger partial charge in [-0.05, 0) is 31.0 Å². The van der Waals surface area contributed by atoms with Gasteiger partial charge in [-0.15, -0.1) is 11.6 Å². The minimum absolute atomic E-state index is 0.00532. The van der Waals surface area contributed by atoms with Crippen molar-refractivity contribution in [3.05, 3.63) is 35.4 Å². The van der Waals surface area contributed by atoms with Gasteiger partial charge in [0.25, 0.3) is 5.91 Å². The van der Waals surface area contributed by atoms with Crippen LogP contribution in [0.1, 0.15) is 29.8 Å². The van der Waals surface area contributed by atoms with E-state index in [4.69, 9.17) is 16.9 Å². The number of halogens is 1. The highest BCUT2D eigenvalue weighted by Gasteiger charge is 2.15. The number of hydrogen-bond acceptors (Lipinski definition) is 2. The Morgan fingerprint density at radius 2 is 2.24 bits per heavy atom. The van der Waals surface area contributed by atoms with Crippen LogP contribution in [0.15, 0.2) is 24.3 Å². The van der Waals surface area contributed by atoms with E-state index >= 15 is 0 Å². The Bertz CT molecular complexity index is 439. The molecule has 1 aromatic rings. The zero-order valence-electron chi connectivity index (χ0n) is 9.90. The van der Waals surface area contributed by atoms with E-state index in [0.29, 0.717) is 17.0 Å². The predicted molar refractivity (Wildman–Crippen MR) is 68.0 cm³/mol. The molecule has 3 nitrogen and oxygen atoms in total. The number of rotatable bonds is 4. The summed E-state index contributed by atoms with van der Waals surface area (Å²) in [6.45, 7) is 3.89. The highest BCUT2D eigenvalue weighted by atomic mass is 35.5. The summed E-state index contributed by atoms with van der Waals surface area (Å²) < 4.78 is 0. The van der Waals surface area contributed by atoms with Crippen molar-refractivity contribution < 1.29 is 4.79 Å². The quantitative estimate of drug-likeness (QED) is 0.835. The molecular formula is C13H15ClN2O. The van der Waals surface area contributed by atoms with Crippen LogP contribution in [0.5, 0.6) is 0 Å². The Morgan fingerprint density at radius 3 is 2.82 bits per heavy atom. The first-order chi connectivity index (χ1) is 8.08. The molecule has 2 atom stereocenters. The number of carbonyl (C=O) groups excluding carboxylic acids is 1. The van der Waals surface area contributed by atoms with Crippen LogP contribution in [0.3, 0.4) is 0 Å². The van der Waals surface area contributed by atoms with Crippen LogP contribution in [0.2, 0.25) is 0 Å². The van der Waals surface area contributed by atoms with Crippen LogP contribution in [0, 0.1) is 17.2 Å². The molecule has 0 aromatic heterocycles. The average Bonchev–Trinajstić information content (AvgIpc) is 2.37. The summed E-state index contributed by atoms with van der Waals surface area (Å²) >= 11 is 5.73. The summed E-state index contributed by atoms with van der Waals surface area (Å²) in [6.07, 6.45) is 0. The molecule has 0 aliphatic carbocycles. The molecule has 0 fully saturated rings. The third-order valence-corrected chi connectivity index (χ3v) is 3.20. The summed E-state index contributed by atoms with van der Waals surface area (Å²) in [4.78, 5) is 11.9. The van der Waals surface area contributed by atoms with E-state index in [9.17, 15) is 4.79 Å². The molecule has 0 aliphatic heterocycles. The van der Waals surface area contributed by atoms with Crippen LogP contribution in [-0.2, 0) is 0 Å². The second-order valence-corrected chi connectivity index (χ2v) is 4.39. The van der Waals surface area contributed by atoms with Crippen LogP contribution in [0.4, 0.5) is 0 Å². The van der Waals surface area contributed by atoms with E-state index in [-0.39, 0.29) is 17.9 Å². The van der Waals surface area contributed by atoms with Gasteiger partial charge in [0.2, 0.25) is 0 Å². The molecule has 2 unspecified atom stereocenters. The molecule has 0 aliphatic rings. The number of benzene rings is 1. The van der Waals surface area contributed by atoms with Crippen molar-refractivity contribution in [1.82, 2.24) is 5.32 Å². The van der Waals surface area contributed by atoms with Crippen LogP contribution in [0.25, 0.3) is 0 Å². The lowest BCUT2D eigenvalue weighted by atomic mass is 10.1. The summed E-state index contributed by atoms with van der Waals surface area (Å²) in [5.74, 6) is 0.533. The Kier molecular flexibility index (Phi) is 4.99. The highest BCUT2D eigenvalue weighted by molar-refractivity contribution is 6.18. The molecule has 1 amide bonds. The van der Waals surface area contributed by atoms with Crippen molar-refractivity contribution in [3.63, 3.8) is 0 Å². The van der Waals surface area contributed by atoms with Crippen molar-refractivity contribution >= 4 is 17.5 Å². The summed E-state index contributed by atoms with van der Waals surface area (Å²) in [7, 11) is 0. The number of carbonyl (C=O) groups is 1. The average molecular weight is 251 g/mol. The van der Waals surface area contributed by atoms with Gasteiger partial charge >= 0.3 is 0 Å². The summed E-state index contributed by atoms with van der Waals surface area (Å²) in [5, 5.41) is 11.6. The van der Waals surface area contributed by atoms with Crippen molar-refractivity contribution in [2.75, 3.05) is 5.88 Å². The van der Waals surface area contributed by atoms with E-state index in [1.54, 1.807) is 24.3 Å². The number of nitriles is 1. The zero-order chi connectivity index (χ0) is 12.8. The maximum Gasteiger partial charge on any atom is 0.251 e. The van der Waals surface area contributed by atoms with Crippen molar-refractivity contribution in [1.29, 1.82) is 5.26 Å². The molecule has 1 aromatic carbocycles. The Hall–Kier alpha value is -1.53. The van der Waals surface area contributed by atoms with Crippen molar-refractivity contribution in [2.45, 2.75) is 19.9 Å². The van der Waals surface area contributed by atoms with Gasteiger partial charge in [-0.3, -0.25) is 4.79 Å². The molecule has 0 radical (unpaired) electrons. The number of nitrogens with one attached hydrogen (secondary N) is 1. The highest BCUT2D eigenvalue weighted by Crippen LogP contribution is 2.08. The molecule has 0 spiro atoms. The molecule has 4 heteroatoms. The monoisotopic (exact) mass is 250 g/mol. The Balaban J connectivity index is 2.73. The Morgan fingerprint density at radius 1 is 1.53 bits per heavy atom. The molecule has 0 saturated carbocycles. The van der Waals surface area contributed by atoms with Gasteiger partial charge in [0.15, 0.2) is 0 Å². The van der Waals surface area contributed by atoms with Gasteiger partial charge < -0.3 is 5.32 Å². The third-order valence-electron chi connectivity index (χ3n) is 2.71. The fraction of sp³-hybridized carbons (Fsp3) is 0.385. The third kappa shape index (κ3) is 3.76. The van der Waals surface area contributed by atoms with E-state index in [0.717, 1.165) is 0 Å². The minimum Gasteiger partial charge on any atom is -0.349 e. The fourth-order valence-corrected chi connectivity index (χ4v) is 1.56. The van der Waals surface area contributed by atoms with Gasteiger partial charge in [0.1, 0.15) is 0 Å². The smallest absolute Gasteiger partial charge is 0.251 e. The van der Waals surface area contributed by atoms with Gasteiger partial charge in [-0.2, -0.15) is 5.26 Å². The SMILES string of the molecule is CC(CCl)C(C)NC(=O)c1cccc(C#N)c1. The van der Waals surface area contributed by atoms with Gasteiger partial charge in [0, 0.05) is 17.5 Å². The maximum atomic E-state index is 11.9.